The zero-order valence-corrected chi connectivity index (χ0v) is 13.3. The molecule has 21 heavy (non-hydrogen) atoms. The third-order valence-electron chi connectivity index (χ3n) is 3.75. The highest BCUT2D eigenvalue weighted by Crippen LogP contribution is 2.25. The largest absolute Gasteiger partial charge is 0.331 e. The molecule has 1 atom stereocenters. The number of amides is 2. The van der Waals surface area contributed by atoms with Crippen molar-refractivity contribution in [2.75, 3.05) is 13.1 Å². The van der Waals surface area contributed by atoms with Gasteiger partial charge in [-0.2, -0.15) is 5.26 Å². The van der Waals surface area contributed by atoms with Crippen LogP contribution in [-0.2, 0) is 0 Å². The van der Waals surface area contributed by atoms with Gasteiger partial charge in [-0.3, -0.25) is 0 Å². The minimum atomic E-state index is -0.152. The van der Waals surface area contributed by atoms with Crippen LogP contribution in [0, 0.1) is 17.2 Å². The van der Waals surface area contributed by atoms with Crippen LogP contribution in [0.5, 0.6) is 0 Å². The molecule has 0 aliphatic carbocycles. The minimum Gasteiger partial charge on any atom is -0.331 e. The maximum Gasteiger partial charge on any atom is 0.317 e. The number of hydrogen-bond acceptors (Lipinski definition) is 2. The van der Waals surface area contributed by atoms with Crippen molar-refractivity contribution in [2.24, 2.45) is 5.92 Å². The monoisotopic (exact) mass is 325 g/mol. The van der Waals surface area contributed by atoms with E-state index in [0.717, 1.165) is 18.4 Å². The summed E-state index contributed by atoms with van der Waals surface area (Å²) in [5.41, 5.74) is 0.907. The lowest BCUT2D eigenvalue weighted by Gasteiger charge is -2.30. The van der Waals surface area contributed by atoms with E-state index in [2.05, 4.69) is 11.4 Å². The summed E-state index contributed by atoms with van der Waals surface area (Å²) in [5.74, 6) is 0.0709. The van der Waals surface area contributed by atoms with Crippen LogP contribution in [0.2, 0.25) is 10.0 Å². The van der Waals surface area contributed by atoms with E-state index in [0.29, 0.717) is 23.1 Å². The summed E-state index contributed by atoms with van der Waals surface area (Å²) in [5, 5.41) is 12.8. The van der Waals surface area contributed by atoms with Gasteiger partial charge in [-0.05, 0) is 37.5 Å². The van der Waals surface area contributed by atoms with Crippen molar-refractivity contribution in [2.45, 2.75) is 25.8 Å². The molecule has 112 valence electrons. The summed E-state index contributed by atoms with van der Waals surface area (Å²) < 4.78 is 0. The Morgan fingerprint density at radius 3 is 2.62 bits per heavy atom. The van der Waals surface area contributed by atoms with E-state index in [1.165, 1.54) is 0 Å². The summed E-state index contributed by atoms with van der Waals surface area (Å²) in [4.78, 5) is 14.0. The summed E-state index contributed by atoms with van der Waals surface area (Å²) in [6.07, 6.45) is 1.48. The molecule has 0 spiro atoms. The van der Waals surface area contributed by atoms with Crippen LogP contribution in [0.25, 0.3) is 0 Å². The van der Waals surface area contributed by atoms with Gasteiger partial charge in [0.15, 0.2) is 0 Å². The van der Waals surface area contributed by atoms with Crippen LogP contribution >= 0.6 is 23.2 Å². The quantitative estimate of drug-likeness (QED) is 0.893. The number of carbonyl (C=O) groups is 1. The van der Waals surface area contributed by atoms with Gasteiger partial charge in [0, 0.05) is 19.0 Å². The van der Waals surface area contributed by atoms with E-state index in [9.17, 15) is 4.79 Å². The normalized spacial score (nSPS) is 17.1. The fraction of sp³-hybridized carbons (Fsp3) is 0.467. The third kappa shape index (κ3) is 4.03. The highest BCUT2D eigenvalue weighted by molar-refractivity contribution is 6.42. The molecule has 0 bridgehead atoms. The zero-order chi connectivity index (χ0) is 15.4. The fourth-order valence-electron chi connectivity index (χ4n) is 2.35. The van der Waals surface area contributed by atoms with E-state index in [4.69, 9.17) is 28.5 Å². The molecule has 4 nitrogen and oxygen atoms in total. The van der Waals surface area contributed by atoms with E-state index in [-0.39, 0.29) is 18.0 Å². The number of urea groups is 1. The van der Waals surface area contributed by atoms with Gasteiger partial charge in [0.2, 0.25) is 0 Å². The molecule has 1 aliphatic rings. The first kappa shape index (κ1) is 15.9. The smallest absolute Gasteiger partial charge is 0.317 e. The van der Waals surface area contributed by atoms with Crippen molar-refractivity contribution in [3.05, 3.63) is 33.8 Å². The van der Waals surface area contributed by atoms with Crippen LogP contribution in [-0.4, -0.2) is 24.0 Å². The zero-order valence-electron chi connectivity index (χ0n) is 11.8. The van der Waals surface area contributed by atoms with Gasteiger partial charge in [0.05, 0.1) is 22.2 Å². The SMILES string of the molecule is CC(NC(=O)N1CCC(C#N)CC1)c1ccc(Cl)c(Cl)c1. The number of benzene rings is 1. The Balaban J connectivity index is 1.93. The molecule has 2 rings (SSSR count). The second kappa shape index (κ2) is 7.02. The van der Waals surface area contributed by atoms with Gasteiger partial charge < -0.3 is 10.2 Å². The molecule has 1 N–H and O–H groups in total. The number of halogens is 2. The molecule has 2 amide bonds. The van der Waals surface area contributed by atoms with Crippen LogP contribution < -0.4 is 5.32 Å². The molecule has 1 aromatic rings. The summed E-state index contributed by atoms with van der Waals surface area (Å²) in [6, 6.07) is 7.33. The van der Waals surface area contributed by atoms with Gasteiger partial charge >= 0.3 is 6.03 Å². The second-order valence-corrected chi connectivity index (χ2v) is 6.05. The lowest BCUT2D eigenvalue weighted by Crippen LogP contribution is -2.45. The number of likely N-dealkylation sites (tertiary alicyclic amines) is 1. The standard InChI is InChI=1S/C15H17Cl2N3O/c1-10(12-2-3-13(16)14(17)8-12)19-15(21)20-6-4-11(9-18)5-7-20/h2-3,8,10-11H,4-7H2,1H3,(H,19,21). The van der Waals surface area contributed by atoms with E-state index in [1.54, 1.807) is 17.0 Å². The Morgan fingerprint density at radius 2 is 2.05 bits per heavy atom. The topological polar surface area (TPSA) is 56.1 Å². The molecule has 0 aromatic heterocycles. The average molecular weight is 326 g/mol. The maximum absolute atomic E-state index is 12.2. The molecule has 1 aromatic carbocycles. The van der Waals surface area contributed by atoms with Crippen molar-refractivity contribution in [1.29, 1.82) is 5.26 Å². The van der Waals surface area contributed by atoms with Crippen LogP contribution in [0.1, 0.15) is 31.4 Å². The summed E-state index contributed by atoms with van der Waals surface area (Å²) >= 11 is 11.9. The van der Waals surface area contributed by atoms with Gasteiger partial charge in [-0.25, -0.2) is 4.79 Å². The van der Waals surface area contributed by atoms with Gasteiger partial charge in [-0.1, -0.05) is 29.3 Å². The number of carbonyl (C=O) groups excluding carboxylic acids is 1. The first-order chi connectivity index (χ1) is 10.0. The number of nitriles is 1. The lowest BCUT2D eigenvalue weighted by molar-refractivity contribution is 0.176. The molecular weight excluding hydrogens is 309 g/mol. The predicted molar refractivity (Wildman–Crippen MR) is 83.3 cm³/mol. The van der Waals surface area contributed by atoms with Crippen LogP contribution in [0.15, 0.2) is 18.2 Å². The first-order valence-electron chi connectivity index (χ1n) is 6.91. The minimum absolute atomic E-state index is 0.0709. The van der Waals surface area contributed by atoms with Crippen molar-refractivity contribution in [3.63, 3.8) is 0 Å². The number of rotatable bonds is 2. The Kier molecular flexibility index (Phi) is 5.33. The number of nitrogens with one attached hydrogen (secondary N) is 1. The fourth-order valence-corrected chi connectivity index (χ4v) is 2.66. The highest BCUT2D eigenvalue weighted by atomic mass is 35.5. The summed E-state index contributed by atoms with van der Waals surface area (Å²) in [7, 11) is 0. The van der Waals surface area contributed by atoms with E-state index in [1.807, 2.05) is 13.0 Å². The maximum atomic E-state index is 12.2. The number of nitrogens with zero attached hydrogens (tertiary/aromatic N) is 2. The Bertz CT molecular complexity index is 563. The Morgan fingerprint density at radius 1 is 1.38 bits per heavy atom. The second-order valence-electron chi connectivity index (χ2n) is 5.24. The number of hydrogen-bond donors (Lipinski definition) is 1. The average Bonchev–Trinajstić information content (AvgIpc) is 2.50. The molecular formula is C15H17Cl2N3O. The Hall–Kier alpha value is -1.44. The van der Waals surface area contributed by atoms with Crippen LogP contribution in [0.3, 0.4) is 0 Å². The molecule has 1 saturated heterocycles. The molecule has 1 aliphatic heterocycles. The van der Waals surface area contributed by atoms with Crippen molar-refractivity contribution >= 4 is 29.2 Å². The molecule has 6 heteroatoms. The molecule has 0 radical (unpaired) electrons. The van der Waals surface area contributed by atoms with Crippen LogP contribution in [0.4, 0.5) is 4.79 Å². The third-order valence-corrected chi connectivity index (χ3v) is 4.49. The van der Waals surface area contributed by atoms with Gasteiger partial charge in [0.25, 0.3) is 0 Å². The van der Waals surface area contributed by atoms with Gasteiger partial charge in [0.1, 0.15) is 0 Å². The van der Waals surface area contributed by atoms with Crippen molar-refractivity contribution < 1.29 is 4.79 Å². The Labute approximate surface area is 134 Å². The molecule has 1 heterocycles. The van der Waals surface area contributed by atoms with E-state index < -0.39 is 0 Å². The molecule has 1 fully saturated rings. The predicted octanol–water partition coefficient (Wildman–Crippen LogP) is 4.00. The van der Waals surface area contributed by atoms with Crippen molar-refractivity contribution in [1.82, 2.24) is 10.2 Å². The first-order valence-corrected chi connectivity index (χ1v) is 7.67. The molecule has 0 saturated carbocycles. The number of piperidine rings is 1. The van der Waals surface area contributed by atoms with E-state index >= 15 is 0 Å². The van der Waals surface area contributed by atoms with Gasteiger partial charge in [-0.15, -0.1) is 0 Å². The highest BCUT2D eigenvalue weighted by Gasteiger charge is 2.23. The molecule has 1 unspecified atom stereocenters. The lowest BCUT2D eigenvalue weighted by atomic mass is 9.99. The van der Waals surface area contributed by atoms with Crippen molar-refractivity contribution in [3.8, 4) is 6.07 Å². The summed E-state index contributed by atoms with van der Waals surface area (Å²) in [6.45, 7) is 3.15.